The van der Waals surface area contributed by atoms with E-state index in [1.165, 1.54) is 0 Å². The number of methoxy groups -OCH3 is 1. The number of amides is 2. The summed E-state index contributed by atoms with van der Waals surface area (Å²) in [4.78, 5) is 24.8. The third kappa shape index (κ3) is 5.48. The van der Waals surface area contributed by atoms with Gasteiger partial charge in [-0.1, -0.05) is 26.7 Å². The number of carbonyl (C=O) groups is 2. The van der Waals surface area contributed by atoms with Crippen LogP contribution in [-0.2, 0) is 9.53 Å². The Bertz CT molecular complexity index is 358. The Morgan fingerprint density at radius 2 is 2.05 bits per heavy atom. The van der Waals surface area contributed by atoms with Gasteiger partial charge in [-0.25, -0.2) is 4.79 Å². The van der Waals surface area contributed by atoms with E-state index < -0.39 is 11.9 Å². The molecular formula is C16H30N2O4. The SMILES string of the molecule is CCC(CC)C(CCNC(=O)N1CCCC(C(=O)O)C1)OC. The molecular weight excluding hydrogens is 284 g/mol. The Kier molecular flexibility index (Phi) is 8.24. The molecule has 22 heavy (non-hydrogen) atoms. The van der Waals surface area contributed by atoms with Gasteiger partial charge in [0.2, 0.25) is 0 Å². The maximum atomic E-state index is 12.1. The molecule has 0 saturated carbocycles. The first kappa shape index (κ1) is 18.7. The van der Waals surface area contributed by atoms with Crippen LogP contribution in [0.2, 0.25) is 0 Å². The Hall–Kier alpha value is -1.30. The minimum absolute atomic E-state index is 0.156. The van der Waals surface area contributed by atoms with E-state index in [0.717, 1.165) is 25.7 Å². The van der Waals surface area contributed by atoms with Gasteiger partial charge in [-0.15, -0.1) is 0 Å². The zero-order valence-electron chi connectivity index (χ0n) is 14.0. The lowest BCUT2D eigenvalue weighted by molar-refractivity contribution is -0.143. The first-order valence-corrected chi connectivity index (χ1v) is 8.31. The summed E-state index contributed by atoms with van der Waals surface area (Å²) >= 11 is 0. The maximum Gasteiger partial charge on any atom is 0.317 e. The molecule has 6 nitrogen and oxygen atoms in total. The second-order valence-electron chi connectivity index (χ2n) is 5.99. The number of nitrogens with one attached hydrogen (secondary N) is 1. The predicted molar refractivity (Wildman–Crippen MR) is 84.8 cm³/mol. The molecule has 0 spiro atoms. The topological polar surface area (TPSA) is 78.9 Å². The quantitative estimate of drug-likeness (QED) is 0.721. The third-order valence-corrected chi connectivity index (χ3v) is 4.64. The van der Waals surface area contributed by atoms with E-state index in [0.29, 0.717) is 32.0 Å². The molecule has 1 saturated heterocycles. The number of hydrogen-bond acceptors (Lipinski definition) is 3. The van der Waals surface area contributed by atoms with Gasteiger partial charge in [-0.05, 0) is 25.2 Å². The standard InChI is InChI=1S/C16H30N2O4/c1-4-12(5-2)14(22-3)8-9-17-16(21)18-10-6-7-13(11-18)15(19)20/h12-14H,4-11H2,1-3H3,(H,17,21)(H,19,20). The fraction of sp³-hybridized carbons (Fsp3) is 0.875. The van der Waals surface area contributed by atoms with E-state index in [2.05, 4.69) is 19.2 Å². The number of carbonyl (C=O) groups excluding carboxylic acids is 1. The van der Waals surface area contributed by atoms with Gasteiger partial charge in [0.25, 0.3) is 0 Å². The molecule has 6 heteroatoms. The highest BCUT2D eigenvalue weighted by Gasteiger charge is 2.28. The molecule has 1 aliphatic rings. The maximum absolute atomic E-state index is 12.1. The number of hydrogen-bond donors (Lipinski definition) is 2. The van der Waals surface area contributed by atoms with E-state index >= 15 is 0 Å². The van der Waals surface area contributed by atoms with E-state index in [-0.39, 0.29) is 12.1 Å². The molecule has 0 aromatic heterocycles. The first-order valence-electron chi connectivity index (χ1n) is 8.31. The highest BCUT2D eigenvalue weighted by Crippen LogP contribution is 2.19. The number of nitrogens with zero attached hydrogens (tertiary/aromatic N) is 1. The van der Waals surface area contributed by atoms with Crippen LogP contribution in [0.25, 0.3) is 0 Å². The van der Waals surface area contributed by atoms with Crippen molar-refractivity contribution in [1.29, 1.82) is 0 Å². The summed E-state index contributed by atoms with van der Waals surface area (Å²) in [6.45, 7) is 5.80. The van der Waals surface area contributed by atoms with Gasteiger partial charge < -0.3 is 20.1 Å². The van der Waals surface area contributed by atoms with E-state index in [1.807, 2.05) is 0 Å². The van der Waals surface area contributed by atoms with Gasteiger partial charge in [-0.3, -0.25) is 4.79 Å². The van der Waals surface area contributed by atoms with Crippen molar-refractivity contribution in [3.05, 3.63) is 0 Å². The molecule has 2 amide bonds. The summed E-state index contributed by atoms with van der Waals surface area (Å²) in [6, 6.07) is -0.162. The highest BCUT2D eigenvalue weighted by molar-refractivity contribution is 5.76. The summed E-state index contributed by atoms with van der Waals surface area (Å²) in [5, 5.41) is 12.0. The zero-order valence-corrected chi connectivity index (χ0v) is 14.0. The molecule has 0 radical (unpaired) electrons. The van der Waals surface area contributed by atoms with Gasteiger partial charge in [0.05, 0.1) is 12.0 Å². The van der Waals surface area contributed by atoms with Crippen LogP contribution in [0.1, 0.15) is 46.0 Å². The summed E-state index contributed by atoms with van der Waals surface area (Å²) < 4.78 is 5.53. The molecule has 128 valence electrons. The van der Waals surface area contributed by atoms with Crippen LogP contribution in [0.4, 0.5) is 4.79 Å². The van der Waals surface area contributed by atoms with Crippen molar-refractivity contribution in [1.82, 2.24) is 10.2 Å². The van der Waals surface area contributed by atoms with Crippen molar-refractivity contribution >= 4 is 12.0 Å². The average Bonchev–Trinajstić information content (AvgIpc) is 2.54. The number of carboxylic acids is 1. The van der Waals surface area contributed by atoms with E-state index in [1.54, 1.807) is 12.0 Å². The van der Waals surface area contributed by atoms with Crippen LogP contribution >= 0.6 is 0 Å². The fourth-order valence-corrected chi connectivity index (χ4v) is 3.16. The minimum atomic E-state index is -0.814. The molecule has 0 aromatic rings. The number of carboxylic acid groups (broad SMARTS) is 1. The Labute approximate surface area is 133 Å². The number of aliphatic carboxylic acids is 1. The van der Waals surface area contributed by atoms with Gasteiger partial charge >= 0.3 is 12.0 Å². The normalized spacial score (nSPS) is 20.0. The van der Waals surface area contributed by atoms with Gasteiger partial charge in [0.1, 0.15) is 0 Å². The molecule has 0 aromatic carbocycles. The molecule has 2 atom stereocenters. The lowest BCUT2D eigenvalue weighted by Gasteiger charge is -2.31. The van der Waals surface area contributed by atoms with Crippen molar-refractivity contribution in [3.8, 4) is 0 Å². The van der Waals surface area contributed by atoms with Gasteiger partial charge in [0.15, 0.2) is 0 Å². The molecule has 0 aliphatic carbocycles. The molecule has 2 unspecified atom stereocenters. The lowest BCUT2D eigenvalue weighted by Crippen LogP contribution is -2.47. The predicted octanol–water partition coefficient (Wildman–Crippen LogP) is 2.33. The van der Waals surface area contributed by atoms with Crippen molar-refractivity contribution in [2.24, 2.45) is 11.8 Å². The summed E-state index contributed by atoms with van der Waals surface area (Å²) in [7, 11) is 1.72. The van der Waals surface area contributed by atoms with Crippen LogP contribution in [0.15, 0.2) is 0 Å². The Balaban J connectivity index is 2.37. The number of piperidine rings is 1. The smallest absolute Gasteiger partial charge is 0.317 e. The third-order valence-electron chi connectivity index (χ3n) is 4.64. The van der Waals surface area contributed by atoms with Crippen LogP contribution in [-0.4, -0.2) is 54.9 Å². The number of urea groups is 1. The Morgan fingerprint density at radius 3 is 2.59 bits per heavy atom. The van der Waals surface area contributed by atoms with Crippen molar-refractivity contribution in [2.45, 2.75) is 52.1 Å². The van der Waals surface area contributed by atoms with Crippen molar-refractivity contribution in [3.63, 3.8) is 0 Å². The average molecular weight is 314 g/mol. The summed E-state index contributed by atoms with van der Waals surface area (Å²) in [6.07, 6.45) is 4.47. The van der Waals surface area contributed by atoms with Crippen LogP contribution in [0.3, 0.4) is 0 Å². The largest absolute Gasteiger partial charge is 0.481 e. The van der Waals surface area contributed by atoms with Gasteiger partial charge in [0, 0.05) is 26.7 Å². The van der Waals surface area contributed by atoms with E-state index in [9.17, 15) is 9.59 Å². The zero-order chi connectivity index (χ0) is 16.5. The summed E-state index contributed by atoms with van der Waals surface area (Å²) in [5.74, 6) is -0.741. The van der Waals surface area contributed by atoms with Crippen molar-refractivity contribution < 1.29 is 19.4 Å². The molecule has 0 bridgehead atoms. The Morgan fingerprint density at radius 1 is 1.36 bits per heavy atom. The highest BCUT2D eigenvalue weighted by atomic mass is 16.5. The molecule has 1 fully saturated rings. The fourth-order valence-electron chi connectivity index (χ4n) is 3.16. The second-order valence-corrected chi connectivity index (χ2v) is 5.99. The molecule has 1 heterocycles. The number of rotatable bonds is 8. The summed E-state index contributed by atoms with van der Waals surface area (Å²) in [5.41, 5.74) is 0. The van der Waals surface area contributed by atoms with Crippen LogP contribution < -0.4 is 5.32 Å². The minimum Gasteiger partial charge on any atom is -0.481 e. The monoisotopic (exact) mass is 314 g/mol. The van der Waals surface area contributed by atoms with Gasteiger partial charge in [-0.2, -0.15) is 0 Å². The van der Waals surface area contributed by atoms with Crippen molar-refractivity contribution in [2.75, 3.05) is 26.7 Å². The molecule has 1 aliphatic heterocycles. The first-order chi connectivity index (χ1) is 10.5. The lowest BCUT2D eigenvalue weighted by atomic mass is 9.94. The van der Waals surface area contributed by atoms with E-state index in [4.69, 9.17) is 9.84 Å². The molecule has 1 rings (SSSR count). The van der Waals surface area contributed by atoms with Crippen LogP contribution in [0, 0.1) is 11.8 Å². The number of ether oxygens (including phenoxy) is 1. The number of likely N-dealkylation sites (tertiary alicyclic amines) is 1. The second kappa shape index (κ2) is 9.66. The van der Waals surface area contributed by atoms with Crippen LogP contribution in [0.5, 0.6) is 0 Å². The molecule has 2 N–H and O–H groups in total.